The second-order valence-electron chi connectivity index (χ2n) is 3.84. The van der Waals surface area contributed by atoms with Gasteiger partial charge >= 0.3 is 0 Å². The van der Waals surface area contributed by atoms with Gasteiger partial charge in [0.25, 0.3) is 0 Å². The minimum absolute atomic E-state index is 0.252. The number of piperazine rings is 1. The summed E-state index contributed by atoms with van der Waals surface area (Å²) >= 11 is 5.78. The fourth-order valence-electron chi connectivity index (χ4n) is 1.89. The molecule has 0 saturated carbocycles. The molecule has 1 fully saturated rings. The molecule has 0 amide bonds. The molecule has 88 valence electrons. The van der Waals surface area contributed by atoms with Crippen molar-refractivity contribution in [2.24, 2.45) is 0 Å². The van der Waals surface area contributed by atoms with Crippen LogP contribution in [0, 0.1) is 0 Å². The number of anilines is 2. The lowest BCUT2D eigenvalue weighted by Gasteiger charge is -2.35. The van der Waals surface area contributed by atoms with Crippen molar-refractivity contribution in [3.63, 3.8) is 0 Å². The number of nitrogens with zero attached hydrogens (tertiary/aromatic N) is 4. The Morgan fingerprint density at radius 1 is 1.38 bits per heavy atom. The van der Waals surface area contributed by atoms with Crippen molar-refractivity contribution >= 4 is 23.1 Å². The molecule has 1 aliphatic heterocycles. The third kappa shape index (κ3) is 2.36. The van der Waals surface area contributed by atoms with E-state index in [1.165, 1.54) is 0 Å². The molecule has 0 aliphatic carbocycles. The molecule has 16 heavy (non-hydrogen) atoms. The molecule has 1 aliphatic rings. The molecular formula is C10H16ClN5. The van der Waals surface area contributed by atoms with E-state index in [9.17, 15) is 0 Å². The van der Waals surface area contributed by atoms with E-state index in [0.29, 0.717) is 5.69 Å². The summed E-state index contributed by atoms with van der Waals surface area (Å²) in [6.45, 7) is 7.21. The minimum Gasteiger partial charge on any atom is -0.394 e. The normalized spacial score (nSPS) is 17.8. The summed E-state index contributed by atoms with van der Waals surface area (Å²) in [6.07, 6.45) is 1.57. The summed E-state index contributed by atoms with van der Waals surface area (Å²) in [4.78, 5) is 12.6. The zero-order valence-electron chi connectivity index (χ0n) is 9.36. The molecule has 0 atom stereocenters. The predicted octanol–water partition coefficient (Wildman–Crippen LogP) is 0.854. The van der Waals surface area contributed by atoms with Crippen LogP contribution in [-0.2, 0) is 0 Å². The molecule has 0 aromatic carbocycles. The average molecular weight is 242 g/mol. The zero-order chi connectivity index (χ0) is 11.5. The minimum atomic E-state index is 0.252. The fourth-order valence-corrected chi connectivity index (χ4v) is 2.02. The Balaban J connectivity index is 2.10. The quantitative estimate of drug-likeness (QED) is 0.779. The second kappa shape index (κ2) is 4.84. The number of halogens is 1. The second-order valence-corrected chi connectivity index (χ2v) is 4.18. The number of nitrogen functional groups attached to an aromatic ring is 1. The zero-order valence-corrected chi connectivity index (χ0v) is 10.1. The molecule has 0 bridgehead atoms. The van der Waals surface area contributed by atoms with Crippen LogP contribution in [0.15, 0.2) is 6.20 Å². The highest BCUT2D eigenvalue weighted by atomic mass is 35.5. The largest absolute Gasteiger partial charge is 0.394 e. The van der Waals surface area contributed by atoms with Crippen molar-refractivity contribution in [1.29, 1.82) is 0 Å². The molecule has 1 saturated heterocycles. The van der Waals surface area contributed by atoms with E-state index < -0.39 is 0 Å². The van der Waals surface area contributed by atoms with Gasteiger partial charge in [-0.05, 0) is 18.1 Å². The van der Waals surface area contributed by atoms with Gasteiger partial charge in [0, 0.05) is 26.2 Å². The van der Waals surface area contributed by atoms with Crippen LogP contribution >= 0.6 is 11.6 Å². The van der Waals surface area contributed by atoms with Gasteiger partial charge < -0.3 is 15.5 Å². The van der Waals surface area contributed by atoms with E-state index in [4.69, 9.17) is 17.3 Å². The summed E-state index contributed by atoms with van der Waals surface area (Å²) in [6, 6.07) is 0. The van der Waals surface area contributed by atoms with Crippen LogP contribution in [0.4, 0.5) is 11.5 Å². The van der Waals surface area contributed by atoms with Crippen molar-refractivity contribution in [2.45, 2.75) is 6.92 Å². The molecule has 0 radical (unpaired) electrons. The van der Waals surface area contributed by atoms with Crippen LogP contribution in [0.2, 0.25) is 5.28 Å². The predicted molar refractivity (Wildman–Crippen MR) is 65.8 cm³/mol. The summed E-state index contributed by atoms with van der Waals surface area (Å²) in [7, 11) is 0. The highest BCUT2D eigenvalue weighted by Gasteiger charge is 2.19. The van der Waals surface area contributed by atoms with Gasteiger partial charge in [-0.15, -0.1) is 0 Å². The molecule has 2 heterocycles. The van der Waals surface area contributed by atoms with Gasteiger partial charge in [-0.1, -0.05) is 6.92 Å². The molecule has 2 N–H and O–H groups in total. The number of likely N-dealkylation sites (N-methyl/N-ethyl adjacent to an activating group) is 1. The highest BCUT2D eigenvalue weighted by Crippen LogP contribution is 2.22. The van der Waals surface area contributed by atoms with E-state index >= 15 is 0 Å². The Morgan fingerprint density at radius 3 is 2.69 bits per heavy atom. The number of nitrogens with two attached hydrogens (primary N) is 1. The van der Waals surface area contributed by atoms with E-state index in [0.717, 1.165) is 38.5 Å². The van der Waals surface area contributed by atoms with Crippen LogP contribution in [0.3, 0.4) is 0 Å². The molecule has 1 aromatic rings. The molecule has 2 rings (SSSR count). The van der Waals surface area contributed by atoms with Crippen LogP contribution in [-0.4, -0.2) is 47.6 Å². The van der Waals surface area contributed by atoms with E-state index in [2.05, 4.69) is 26.7 Å². The van der Waals surface area contributed by atoms with Crippen molar-refractivity contribution in [1.82, 2.24) is 14.9 Å². The lowest BCUT2D eigenvalue weighted by atomic mass is 10.3. The lowest BCUT2D eigenvalue weighted by Crippen LogP contribution is -2.46. The Kier molecular flexibility index (Phi) is 3.46. The van der Waals surface area contributed by atoms with Gasteiger partial charge in [-0.2, -0.15) is 4.98 Å². The third-order valence-electron chi connectivity index (χ3n) is 2.89. The smallest absolute Gasteiger partial charge is 0.224 e. The first-order valence-corrected chi connectivity index (χ1v) is 5.84. The van der Waals surface area contributed by atoms with Crippen LogP contribution < -0.4 is 10.6 Å². The van der Waals surface area contributed by atoms with Gasteiger partial charge in [-0.25, -0.2) is 4.98 Å². The first kappa shape index (κ1) is 11.4. The van der Waals surface area contributed by atoms with Gasteiger partial charge in [-0.3, -0.25) is 0 Å². The van der Waals surface area contributed by atoms with Crippen molar-refractivity contribution in [3.05, 3.63) is 11.5 Å². The van der Waals surface area contributed by atoms with Crippen LogP contribution in [0.25, 0.3) is 0 Å². The Bertz CT molecular complexity index is 362. The summed E-state index contributed by atoms with van der Waals surface area (Å²) in [5, 5.41) is 0.252. The maximum atomic E-state index is 5.85. The molecule has 5 nitrogen and oxygen atoms in total. The van der Waals surface area contributed by atoms with Gasteiger partial charge in [0.05, 0.1) is 11.9 Å². The molecule has 0 unspecified atom stereocenters. The lowest BCUT2D eigenvalue weighted by molar-refractivity contribution is 0.270. The van der Waals surface area contributed by atoms with Crippen molar-refractivity contribution < 1.29 is 0 Å². The Hall–Kier alpha value is -1.07. The first-order chi connectivity index (χ1) is 7.70. The van der Waals surface area contributed by atoms with Gasteiger partial charge in [0.2, 0.25) is 5.28 Å². The number of rotatable bonds is 2. The van der Waals surface area contributed by atoms with E-state index in [1.807, 2.05) is 0 Å². The van der Waals surface area contributed by atoms with Gasteiger partial charge in [0.15, 0.2) is 5.82 Å². The maximum Gasteiger partial charge on any atom is 0.224 e. The number of hydrogen-bond acceptors (Lipinski definition) is 5. The SMILES string of the molecule is CCN1CCN(c2nc(Cl)ncc2N)CC1. The van der Waals surface area contributed by atoms with Crippen LogP contribution in [0.1, 0.15) is 6.92 Å². The number of hydrogen-bond donors (Lipinski definition) is 1. The first-order valence-electron chi connectivity index (χ1n) is 5.46. The van der Waals surface area contributed by atoms with Crippen molar-refractivity contribution in [3.8, 4) is 0 Å². The topological polar surface area (TPSA) is 58.3 Å². The molecule has 1 aromatic heterocycles. The van der Waals surface area contributed by atoms with E-state index in [1.54, 1.807) is 6.20 Å². The van der Waals surface area contributed by atoms with Gasteiger partial charge in [0.1, 0.15) is 0 Å². The number of aromatic nitrogens is 2. The van der Waals surface area contributed by atoms with E-state index in [-0.39, 0.29) is 5.28 Å². The summed E-state index contributed by atoms with van der Waals surface area (Å²) in [5.74, 6) is 0.760. The maximum absolute atomic E-state index is 5.85. The highest BCUT2D eigenvalue weighted by molar-refractivity contribution is 6.28. The molecular weight excluding hydrogens is 226 g/mol. The molecule has 6 heteroatoms. The standard InChI is InChI=1S/C10H16ClN5/c1-2-15-3-5-16(6-4-15)9-8(12)7-13-10(11)14-9/h7H,2-6,12H2,1H3. The third-order valence-corrected chi connectivity index (χ3v) is 3.07. The summed E-state index contributed by atoms with van der Waals surface area (Å²) in [5.41, 5.74) is 6.44. The average Bonchev–Trinajstić information content (AvgIpc) is 2.32. The molecule has 0 spiro atoms. The Morgan fingerprint density at radius 2 is 2.06 bits per heavy atom. The monoisotopic (exact) mass is 241 g/mol. The van der Waals surface area contributed by atoms with Crippen molar-refractivity contribution in [2.75, 3.05) is 43.4 Å². The fraction of sp³-hybridized carbons (Fsp3) is 0.600. The van der Waals surface area contributed by atoms with Crippen LogP contribution in [0.5, 0.6) is 0 Å². The summed E-state index contributed by atoms with van der Waals surface area (Å²) < 4.78 is 0. The Labute approximate surface area is 100 Å².